The van der Waals surface area contributed by atoms with Crippen LogP contribution in [-0.2, 0) is 6.42 Å². The van der Waals surface area contributed by atoms with Crippen molar-refractivity contribution in [2.75, 3.05) is 11.4 Å². The molecule has 0 bridgehead atoms. The molecule has 0 aliphatic heterocycles. The summed E-state index contributed by atoms with van der Waals surface area (Å²) in [5.74, 6) is -0.263. The van der Waals surface area contributed by atoms with Gasteiger partial charge in [0.1, 0.15) is 11.5 Å². The maximum Gasteiger partial charge on any atom is 0.190 e. The molecule has 0 amide bonds. The molecule has 26 heavy (non-hydrogen) atoms. The SMILES string of the molecule is Cc1sc(N(CCc2cccc(F)c2)c2ccc(C#N)cc2)nc1C=O. The molecule has 0 saturated heterocycles. The molecular weight excluding hydrogens is 349 g/mol. The summed E-state index contributed by atoms with van der Waals surface area (Å²) in [6.45, 7) is 2.43. The number of rotatable bonds is 6. The minimum Gasteiger partial charge on any atom is -0.317 e. The molecule has 0 aliphatic carbocycles. The zero-order chi connectivity index (χ0) is 18.5. The van der Waals surface area contributed by atoms with E-state index < -0.39 is 0 Å². The first-order valence-corrected chi connectivity index (χ1v) is 8.87. The third kappa shape index (κ3) is 3.95. The van der Waals surface area contributed by atoms with Gasteiger partial charge in [-0.15, -0.1) is 11.3 Å². The average molecular weight is 365 g/mol. The molecular formula is C20H16FN3OS. The molecule has 0 spiro atoms. The van der Waals surface area contributed by atoms with Crippen LogP contribution in [0.4, 0.5) is 15.2 Å². The van der Waals surface area contributed by atoms with Gasteiger partial charge < -0.3 is 4.90 Å². The van der Waals surface area contributed by atoms with Gasteiger partial charge in [0.05, 0.1) is 11.6 Å². The molecule has 3 rings (SSSR count). The number of hydrogen-bond donors (Lipinski definition) is 0. The van der Waals surface area contributed by atoms with Crippen molar-refractivity contribution in [3.8, 4) is 6.07 Å². The largest absolute Gasteiger partial charge is 0.317 e. The Hall–Kier alpha value is -3.04. The summed E-state index contributed by atoms with van der Waals surface area (Å²) >= 11 is 1.43. The predicted octanol–water partition coefficient (Wildman–Crippen LogP) is 4.66. The first-order valence-electron chi connectivity index (χ1n) is 8.05. The fourth-order valence-corrected chi connectivity index (χ4v) is 3.53. The third-order valence-electron chi connectivity index (χ3n) is 3.98. The molecule has 0 aliphatic rings. The highest BCUT2D eigenvalue weighted by molar-refractivity contribution is 7.15. The van der Waals surface area contributed by atoms with E-state index in [4.69, 9.17) is 5.26 Å². The Morgan fingerprint density at radius 2 is 2.04 bits per heavy atom. The van der Waals surface area contributed by atoms with E-state index in [1.165, 1.54) is 23.5 Å². The Labute approximate surface area is 155 Å². The molecule has 4 nitrogen and oxygen atoms in total. The van der Waals surface area contributed by atoms with Crippen LogP contribution in [0.5, 0.6) is 0 Å². The number of nitriles is 1. The van der Waals surface area contributed by atoms with Crippen LogP contribution in [0.25, 0.3) is 0 Å². The lowest BCUT2D eigenvalue weighted by molar-refractivity contribution is 0.111. The van der Waals surface area contributed by atoms with E-state index >= 15 is 0 Å². The summed E-state index contributed by atoms with van der Waals surface area (Å²) in [5.41, 5.74) is 2.75. The predicted molar refractivity (Wildman–Crippen MR) is 101 cm³/mol. The number of aromatic nitrogens is 1. The number of hydrogen-bond acceptors (Lipinski definition) is 5. The van der Waals surface area contributed by atoms with Crippen molar-refractivity contribution in [1.82, 2.24) is 4.98 Å². The fraction of sp³-hybridized carbons (Fsp3) is 0.150. The minimum atomic E-state index is -0.263. The van der Waals surface area contributed by atoms with Crippen molar-refractivity contribution in [2.45, 2.75) is 13.3 Å². The Balaban J connectivity index is 1.92. The molecule has 1 aromatic heterocycles. The number of benzene rings is 2. The van der Waals surface area contributed by atoms with Crippen LogP contribution in [0, 0.1) is 24.1 Å². The van der Waals surface area contributed by atoms with Gasteiger partial charge in [0.25, 0.3) is 0 Å². The van der Waals surface area contributed by atoms with Crippen LogP contribution in [0.2, 0.25) is 0 Å². The van der Waals surface area contributed by atoms with E-state index in [1.54, 1.807) is 18.2 Å². The van der Waals surface area contributed by atoms with E-state index in [1.807, 2.05) is 30.0 Å². The molecule has 130 valence electrons. The normalized spacial score (nSPS) is 10.3. The number of thiazole rings is 1. The van der Waals surface area contributed by atoms with Gasteiger partial charge in [-0.2, -0.15) is 5.26 Å². The highest BCUT2D eigenvalue weighted by Gasteiger charge is 2.16. The van der Waals surface area contributed by atoms with Crippen LogP contribution < -0.4 is 4.90 Å². The van der Waals surface area contributed by atoms with Crippen LogP contribution in [0.3, 0.4) is 0 Å². The van der Waals surface area contributed by atoms with Gasteiger partial charge in [0.15, 0.2) is 11.4 Å². The quantitative estimate of drug-likeness (QED) is 0.596. The lowest BCUT2D eigenvalue weighted by Gasteiger charge is -2.22. The van der Waals surface area contributed by atoms with Gasteiger partial charge >= 0.3 is 0 Å². The molecule has 1 heterocycles. The Bertz CT molecular complexity index is 960. The highest BCUT2D eigenvalue weighted by atomic mass is 32.1. The zero-order valence-corrected chi connectivity index (χ0v) is 15.0. The average Bonchev–Trinajstić information content (AvgIpc) is 3.03. The lowest BCUT2D eigenvalue weighted by atomic mass is 10.1. The van der Waals surface area contributed by atoms with Crippen LogP contribution in [0.1, 0.15) is 26.5 Å². The van der Waals surface area contributed by atoms with Gasteiger partial charge in [-0.1, -0.05) is 12.1 Å². The Kier molecular flexibility index (Phi) is 5.40. The molecule has 0 unspecified atom stereocenters. The Morgan fingerprint density at radius 3 is 2.65 bits per heavy atom. The monoisotopic (exact) mass is 365 g/mol. The zero-order valence-electron chi connectivity index (χ0n) is 14.1. The van der Waals surface area contributed by atoms with Crippen molar-refractivity contribution in [2.24, 2.45) is 0 Å². The lowest BCUT2D eigenvalue weighted by Crippen LogP contribution is -2.20. The van der Waals surface area contributed by atoms with Gasteiger partial charge in [-0.05, 0) is 55.3 Å². The van der Waals surface area contributed by atoms with E-state index in [9.17, 15) is 9.18 Å². The standard InChI is InChI=1S/C20H16FN3OS/c1-14-19(13-25)23-20(26-14)24(18-7-5-16(12-22)6-8-18)10-9-15-3-2-4-17(21)11-15/h2-8,11,13H,9-10H2,1H3. The topological polar surface area (TPSA) is 57.0 Å². The summed E-state index contributed by atoms with van der Waals surface area (Å²) in [6.07, 6.45) is 1.37. The minimum absolute atomic E-state index is 0.263. The van der Waals surface area contributed by atoms with E-state index in [2.05, 4.69) is 11.1 Å². The van der Waals surface area contributed by atoms with Gasteiger partial charge in [-0.3, -0.25) is 4.79 Å². The fourth-order valence-electron chi connectivity index (χ4n) is 2.60. The van der Waals surface area contributed by atoms with Crippen molar-refractivity contribution < 1.29 is 9.18 Å². The van der Waals surface area contributed by atoms with Gasteiger partial charge in [0, 0.05) is 17.1 Å². The third-order valence-corrected chi connectivity index (χ3v) is 4.99. The maximum atomic E-state index is 13.4. The Morgan fingerprint density at radius 1 is 1.27 bits per heavy atom. The second-order valence-corrected chi connectivity index (χ2v) is 6.93. The summed E-state index contributed by atoms with van der Waals surface area (Å²) in [7, 11) is 0. The molecule has 2 aromatic carbocycles. The highest BCUT2D eigenvalue weighted by Crippen LogP contribution is 2.31. The van der Waals surface area contributed by atoms with Crippen LogP contribution in [0.15, 0.2) is 48.5 Å². The number of carbonyl (C=O) groups excluding carboxylic acids is 1. The number of aryl methyl sites for hydroxylation is 1. The van der Waals surface area contributed by atoms with E-state index in [0.717, 1.165) is 22.4 Å². The summed E-state index contributed by atoms with van der Waals surface area (Å²) < 4.78 is 13.4. The van der Waals surface area contributed by atoms with E-state index in [0.29, 0.717) is 29.4 Å². The van der Waals surface area contributed by atoms with Crippen molar-refractivity contribution in [1.29, 1.82) is 5.26 Å². The maximum absolute atomic E-state index is 13.4. The first kappa shape index (κ1) is 17.8. The molecule has 0 radical (unpaired) electrons. The number of aldehydes is 1. The number of carbonyl (C=O) groups is 1. The summed E-state index contributed by atoms with van der Waals surface area (Å²) in [5, 5.41) is 9.69. The smallest absolute Gasteiger partial charge is 0.190 e. The second-order valence-electron chi connectivity index (χ2n) is 5.75. The van der Waals surface area contributed by atoms with Crippen molar-refractivity contribution in [3.63, 3.8) is 0 Å². The molecule has 0 saturated carbocycles. The molecule has 0 atom stereocenters. The first-order chi connectivity index (χ1) is 12.6. The van der Waals surface area contributed by atoms with Gasteiger partial charge in [0.2, 0.25) is 0 Å². The molecule has 0 fully saturated rings. The van der Waals surface area contributed by atoms with Crippen molar-refractivity contribution >= 4 is 28.4 Å². The van der Waals surface area contributed by atoms with E-state index in [-0.39, 0.29) is 5.82 Å². The number of halogens is 1. The number of anilines is 2. The second kappa shape index (κ2) is 7.89. The molecule has 6 heteroatoms. The van der Waals surface area contributed by atoms with Crippen molar-refractivity contribution in [3.05, 3.63) is 76.0 Å². The molecule has 0 N–H and O–H groups in total. The van der Waals surface area contributed by atoms with Crippen LogP contribution in [-0.4, -0.2) is 17.8 Å². The summed E-state index contributed by atoms with van der Waals surface area (Å²) in [4.78, 5) is 18.4. The van der Waals surface area contributed by atoms with Gasteiger partial charge in [-0.25, -0.2) is 9.37 Å². The number of nitrogens with zero attached hydrogens (tertiary/aromatic N) is 3. The van der Waals surface area contributed by atoms with Crippen LogP contribution >= 0.6 is 11.3 Å². The summed E-state index contributed by atoms with van der Waals surface area (Å²) in [6, 6.07) is 15.8. The molecule has 3 aromatic rings.